The Morgan fingerprint density at radius 3 is 2.20 bits per heavy atom. The molecule has 0 spiro atoms. The van der Waals surface area contributed by atoms with E-state index in [4.69, 9.17) is 0 Å². The van der Waals surface area contributed by atoms with Gasteiger partial charge in [0.1, 0.15) is 0 Å². The maximum atomic E-state index is 11.8. The summed E-state index contributed by atoms with van der Waals surface area (Å²) < 4.78 is 26.2. The third-order valence-corrected chi connectivity index (χ3v) is 4.78. The second-order valence-corrected chi connectivity index (χ2v) is 7.23. The van der Waals surface area contributed by atoms with Crippen molar-refractivity contribution in [1.29, 1.82) is 0 Å². The second-order valence-electron chi connectivity index (χ2n) is 5.46. The van der Waals surface area contributed by atoms with Crippen LogP contribution in [0.3, 0.4) is 0 Å². The van der Waals surface area contributed by atoms with Crippen LogP contribution in [0.4, 0.5) is 0 Å². The molecular formula is C15H26N2O2S. The molecule has 5 heteroatoms. The minimum Gasteiger partial charge on any atom is -0.317 e. The van der Waals surface area contributed by atoms with Gasteiger partial charge in [-0.05, 0) is 43.5 Å². The lowest BCUT2D eigenvalue weighted by molar-refractivity contribution is 0.441. The van der Waals surface area contributed by atoms with Gasteiger partial charge in [0.15, 0.2) is 0 Å². The number of hydrogen-bond donors (Lipinski definition) is 2. The van der Waals surface area contributed by atoms with E-state index in [1.807, 2.05) is 19.2 Å². The lowest BCUT2D eigenvalue weighted by Gasteiger charge is -2.18. The van der Waals surface area contributed by atoms with E-state index in [9.17, 15) is 8.42 Å². The normalized spacial score (nSPS) is 13.7. The summed E-state index contributed by atoms with van der Waals surface area (Å²) in [7, 11) is -1.38. The Bertz CT molecular complexity index is 495. The van der Waals surface area contributed by atoms with Crippen molar-refractivity contribution in [1.82, 2.24) is 10.0 Å². The van der Waals surface area contributed by atoms with Crippen LogP contribution in [-0.4, -0.2) is 28.1 Å². The summed E-state index contributed by atoms with van der Waals surface area (Å²) >= 11 is 0. The number of hydrogen-bond acceptors (Lipinski definition) is 3. The minimum absolute atomic E-state index is 0.327. The molecule has 0 aromatic heterocycles. The number of rotatable bonds is 8. The average Bonchev–Trinajstić information content (AvgIpc) is 2.38. The monoisotopic (exact) mass is 298 g/mol. The summed E-state index contributed by atoms with van der Waals surface area (Å²) in [6.07, 6.45) is 2.02. The molecule has 2 N–H and O–H groups in total. The van der Waals surface area contributed by atoms with Gasteiger partial charge in [-0.1, -0.05) is 32.9 Å². The van der Waals surface area contributed by atoms with Crippen LogP contribution >= 0.6 is 0 Å². The Balaban J connectivity index is 2.76. The molecule has 0 aliphatic carbocycles. The first-order chi connectivity index (χ1) is 9.39. The van der Waals surface area contributed by atoms with E-state index in [0.717, 1.165) is 18.4 Å². The van der Waals surface area contributed by atoms with Gasteiger partial charge in [-0.25, -0.2) is 13.1 Å². The zero-order chi connectivity index (χ0) is 15.2. The third-order valence-electron chi connectivity index (χ3n) is 3.21. The van der Waals surface area contributed by atoms with E-state index >= 15 is 0 Å². The maximum Gasteiger partial charge on any atom is 0.240 e. The molecule has 0 saturated heterocycles. The Morgan fingerprint density at radius 2 is 1.75 bits per heavy atom. The molecule has 1 atom stereocenters. The first-order valence-electron chi connectivity index (χ1n) is 7.15. The molecule has 0 radical (unpaired) electrons. The summed E-state index contributed by atoms with van der Waals surface area (Å²) in [6, 6.07) is 7.57. The average molecular weight is 298 g/mol. The molecule has 1 unspecified atom stereocenters. The molecule has 0 saturated carbocycles. The van der Waals surface area contributed by atoms with Gasteiger partial charge in [0.05, 0.1) is 4.90 Å². The van der Waals surface area contributed by atoms with Crippen molar-refractivity contribution in [2.45, 2.75) is 44.6 Å². The molecule has 0 bridgehead atoms. The highest BCUT2D eigenvalue weighted by Crippen LogP contribution is 2.14. The predicted molar refractivity (Wildman–Crippen MR) is 83.3 cm³/mol. The molecule has 20 heavy (non-hydrogen) atoms. The molecule has 0 heterocycles. The second kappa shape index (κ2) is 7.76. The lowest BCUT2D eigenvalue weighted by Crippen LogP contribution is -2.29. The zero-order valence-corrected chi connectivity index (χ0v) is 13.6. The van der Waals surface area contributed by atoms with Gasteiger partial charge >= 0.3 is 0 Å². The van der Waals surface area contributed by atoms with Crippen molar-refractivity contribution in [2.75, 3.05) is 13.6 Å². The van der Waals surface area contributed by atoms with E-state index in [2.05, 4.69) is 23.9 Å². The van der Waals surface area contributed by atoms with E-state index in [-0.39, 0.29) is 0 Å². The summed E-state index contributed by atoms with van der Waals surface area (Å²) in [5.41, 5.74) is 1.15. The van der Waals surface area contributed by atoms with Gasteiger partial charge in [-0.3, -0.25) is 0 Å². The zero-order valence-electron chi connectivity index (χ0n) is 12.8. The molecule has 0 fully saturated rings. The van der Waals surface area contributed by atoms with Gasteiger partial charge in [0.2, 0.25) is 10.0 Å². The smallest absolute Gasteiger partial charge is 0.240 e. The Hall–Kier alpha value is -0.910. The molecule has 0 aliphatic rings. The number of likely N-dealkylation sites (N-methyl/N-ethyl adjacent to an activating group) is 1. The minimum atomic E-state index is -3.35. The van der Waals surface area contributed by atoms with Crippen LogP contribution in [0.2, 0.25) is 0 Å². The van der Waals surface area contributed by atoms with Crippen LogP contribution in [-0.2, 0) is 16.4 Å². The fourth-order valence-corrected chi connectivity index (χ4v) is 3.28. The Morgan fingerprint density at radius 1 is 1.15 bits per heavy atom. The quantitative estimate of drug-likeness (QED) is 0.773. The predicted octanol–water partition coefficient (Wildman–Crippen LogP) is 2.16. The number of nitrogens with one attached hydrogen (secondary N) is 2. The summed E-state index contributed by atoms with van der Waals surface area (Å²) in [6.45, 7) is 6.59. The van der Waals surface area contributed by atoms with Crippen LogP contribution in [0.1, 0.15) is 32.8 Å². The lowest BCUT2D eigenvalue weighted by atomic mass is 9.97. The fraction of sp³-hybridized carbons (Fsp3) is 0.600. The molecule has 1 rings (SSSR count). The van der Waals surface area contributed by atoms with Gasteiger partial charge in [0, 0.05) is 12.6 Å². The van der Waals surface area contributed by atoms with Crippen LogP contribution in [0.25, 0.3) is 0 Å². The molecule has 1 aromatic rings. The highest BCUT2D eigenvalue weighted by molar-refractivity contribution is 7.89. The van der Waals surface area contributed by atoms with Crippen molar-refractivity contribution in [2.24, 2.45) is 5.92 Å². The van der Waals surface area contributed by atoms with Crippen LogP contribution in [0, 0.1) is 5.92 Å². The largest absolute Gasteiger partial charge is 0.317 e. The molecule has 0 aliphatic heterocycles. The van der Waals surface area contributed by atoms with Crippen LogP contribution in [0.5, 0.6) is 0 Å². The number of sulfonamides is 1. The van der Waals surface area contributed by atoms with Gasteiger partial charge in [0.25, 0.3) is 0 Å². The van der Waals surface area contributed by atoms with Crippen molar-refractivity contribution in [3.8, 4) is 0 Å². The highest BCUT2D eigenvalue weighted by Gasteiger charge is 2.13. The van der Waals surface area contributed by atoms with Crippen LogP contribution in [0.15, 0.2) is 29.2 Å². The van der Waals surface area contributed by atoms with E-state index < -0.39 is 10.0 Å². The Labute approximate surface area is 123 Å². The fourth-order valence-electron chi connectivity index (χ4n) is 2.23. The van der Waals surface area contributed by atoms with Crippen molar-refractivity contribution in [3.05, 3.63) is 29.8 Å². The molecular weight excluding hydrogens is 272 g/mol. The highest BCUT2D eigenvalue weighted by atomic mass is 32.2. The SMILES string of the molecule is CCNS(=O)(=O)c1ccc(CC(CC(C)C)NC)cc1. The van der Waals surface area contributed by atoms with Gasteiger partial charge < -0.3 is 5.32 Å². The van der Waals surface area contributed by atoms with Crippen molar-refractivity contribution in [3.63, 3.8) is 0 Å². The standard InChI is InChI=1S/C15H26N2O2S/c1-5-17-20(18,19)15-8-6-13(7-9-15)11-14(16-4)10-12(2)3/h6-9,12,14,16-17H,5,10-11H2,1-4H3. The summed E-state index contributed by atoms with van der Waals surface area (Å²) in [5, 5.41) is 3.32. The maximum absolute atomic E-state index is 11.8. The van der Waals surface area contributed by atoms with E-state index in [0.29, 0.717) is 23.4 Å². The van der Waals surface area contributed by atoms with E-state index in [1.54, 1.807) is 19.1 Å². The third kappa shape index (κ3) is 5.23. The first-order valence-corrected chi connectivity index (χ1v) is 8.63. The van der Waals surface area contributed by atoms with Crippen molar-refractivity contribution < 1.29 is 8.42 Å². The van der Waals surface area contributed by atoms with Crippen LogP contribution < -0.4 is 10.0 Å². The first kappa shape index (κ1) is 17.1. The number of benzene rings is 1. The van der Waals surface area contributed by atoms with Gasteiger partial charge in [-0.15, -0.1) is 0 Å². The summed E-state index contributed by atoms with van der Waals surface area (Å²) in [4.78, 5) is 0.327. The molecule has 0 amide bonds. The molecule has 114 valence electrons. The van der Waals surface area contributed by atoms with E-state index in [1.165, 1.54) is 0 Å². The Kier molecular flexibility index (Phi) is 6.65. The topological polar surface area (TPSA) is 58.2 Å². The molecule has 1 aromatic carbocycles. The van der Waals surface area contributed by atoms with Gasteiger partial charge in [-0.2, -0.15) is 0 Å². The molecule has 4 nitrogen and oxygen atoms in total. The van der Waals surface area contributed by atoms with Crippen molar-refractivity contribution >= 4 is 10.0 Å². The summed E-state index contributed by atoms with van der Waals surface area (Å²) in [5.74, 6) is 0.640.